The lowest BCUT2D eigenvalue weighted by atomic mass is 9.40. The van der Waals surface area contributed by atoms with Crippen molar-refractivity contribution in [1.29, 1.82) is 0 Å². The lowest BCUT2D eigenvalue weighted by Gasteiger charge is -2.65. The first-order valence-electron chi connectivity index (χ1n) is 11.1. The van der Waals surface area contributed by atoms with Gasteiger partial charge in [0.05, 0.1) is 12.0 Å². The van der Waals surface area contributed by atoms with Crippen molar-refractivity contribution in [3.05, 3.63) is 0 Å². The van der Waals surface area contributed by atoms with Crippen LogP contribution in [0.15, 0.2) is 0 Å². The molecule has 0 aromatic carbocycles. The Bertz CT molecular complexity index is 644. The normalized spacial score (nSPS) is 46.8. The highest BCUT2D eigenvalue weighted by Gasteiger charge is 2.63. The number of piperazine rings is 1. The predicted molar refractivity (Wildman–Crippen MR) is 104 cm³/mol. The van der Waals surface area contributed by atoms with Gasteiger partial charge in [-0.2, -0.15) is 0 Å². The molecule has 150 valence electrons. The molecule has 0 spiro atoms. The zero-order chi connectivity index (χ0) is 18.9. The molecule has 0 aromatic rings. The molecule has 6 rings (SSSR count). The van der Waals surface area contributed by atoms with E-state index in [-0.39, 0.29) is 17.4 Å². The second-order valence-electron chi connectivity index (χ2n) is 11.2. The molecule has 3 atom stereocenters. The van der Waals surface area contributed by atoms with Crippen LogP contribution in [0.3, 0.4) is 0 Å². The molecule has 5 heteroatoms. The highest BCUT2D eigenvalue weighted by Crippen LogP contribution is 2.69. The molecule has 3 unspecified atom stereocenters. The third-order valence-corrected chi connectivity index (χ3v) is 8.33. The molecule has 0 radical (unpaired) electrons. The van der Waals surface area contributed by atoms with Gasteiger partial charge < -0.3 is 15.1 Å². The number of carbonyl (C=O) groups excluding carboxylic acids is 2. The minimum absolute atomic E-state index is 0.113. The van der Waals surface area contributed by atoms with Crippen molar-refractivity contribution in [1.82, 2.24) is 15.1 Å². The fourth-order valence-corrected chi connectivity index (χ4v) is 8.42. The van der Waals surface area contributed by atoms with Gasteiger partial charge in [-0.25, -0.2) is 0 Å². The summed E-state index contributed by atoms with van der Waals surface area (Å²) in [5.74, 6) is 1.38. The quantitative estimate of drug-likeness (QED) is 0.809. The van der Waals surface area contributed by atoms with E-state index < -0.39 is 0 Å². The fourth-order valence-electron chi connectivity index (χ4n) is 8.42. The van der Waals surface area contributed by atoms with Crippen molar-refractivity contribution in [2.24, 2.45) is 22.2 Å². The molecule has 4 bridgehead atoms. The number of likely N-dealkylation sites (tertiary alicyclic amines) is 1. The first-order chi connectivity index (χ1) is 12.8. The number of nitrogens with one attached hydrogen (secondary N) is 1. The standard InChI is InChI=1S/C22H35N3O2/c1-20-8-16-9-21(2,13-20)15-22(10-16,14-20)19(27)24-6-3-4-17(12-24)25-7-5-23-11-18(25)26/h16-17,23H,3-15H2,1-2H3. The molecule has 2 heterocycles. The van der Waals surface area contributed by atoms with E-state index in [1.54, 1.807) is 0 Å². The van der Waals surface area contributed by atoms with E-state index in [1.165, 1.54) is 19.3 Å². The highest BCUT2D eigenvalue weighted by molar-refractivity contribution is 5.84. The first kappa shape index (κ1) is 18.0. The van der Waals surface area contributed by atoms with Crippen molar-refractivity contribution in [2.45, 2.75) is 71.3 Å². The fraction of sp³-hybridized carbons (Fsp3) is 0.909. The van der Waals surface area contributed by atoms with Gasteiger partial charge in [0.15, 0.2) is 0 Å². The second-order valence-corrected chi connectivity index (χ2v) is 11.2. The number of piperidine rings is 1. The van der Waals surface area contributed by atoms with Crippen LogP contribution in [0.2, 0.25) is 0 Å². The summed E-state index contributed by atoms with van der Waals surface area (Å²) in [5, 5.41) is 3.16. The van der Waals surface area contributed by atoms with Gasteiger partial charge in [0, 0.05) is 32.2 Å². The van der Waals surface area contributed by atoms with Gasteiger partial charge in [-0.1, -0.05) is 13.8 Å². The van der Waals surface area contributed by atoms with Gasteiger partial charge in [-0.3, -0.25) is 9.59 Å². The van der Waals surface area contributed by atoms with Crippen LogP contribution in [-0.2, 0) is 9.59 Å². The maximum atomic E-state index is 13.9. The molecular weight excluding hydrogens is 338 g/mol. The van der Waals surface area contributed by atoms with Gasteiger partial charge in [-0.05, 0) is 68.1 Å². The zero-order valence-corrected chi connectivity index (χ0v) is 17.1. The monoisotopic (exact) mass is 373 g/mol. The summed E-state index contributed by atoms with van der Waals surface area (Å²) in [6, 6.07) is 0.220. The molecule has 4 aliphatic carbocycles. The Morgan fingerprint density at radius 1 is 1.07 bits per heavy atom. The van der Waals surface area contributed by atoms with Crippen molar-refractivity contribution in [2.75, 3.05) is 32.7 Å². The maximum Gasteiger partial charge on any atom is 0.236 e. The van der Waals surface area contributed by atoms with E-state index in [4.69, 9.17) is 0 Å². The molecule has 2 amide bonds. The van der Waals surface area contributed by atoms with Crippen LogP contribution in [-0.4, -0.2) is 60.4 Å². The topological polar surface area (TPSA) is 52.7 Å². The Balaban J connectivity index is 1.35. The third-order valence-electron chi connectivity index (χ3n) is 8.33. The van der Waals surface area contributed by atoms with E-state index >= 15 is 0 Å². The molecule has 27 heavy (non-hydrogen) atoms. The molecule has 6 fully saturated rings. The zero-order valence-electron chi connectivity index (χ0n) is 17.1. The molecule has 4 saturated carbocycles. The first-order valence-corrected chi connectivity index (χ1v) is 11.1. The molecule has 1 N–H and O–H groups in total. The van der Waals surface area contributed by atoms with Crippen molar-refractivity contribution < 1.29 is 9.59 Å². The Labute approximate surface area is 163 Å². The van der Waals surface area contributed by atoms with Gasteiger partial charge >= 0.3 is 0 Å². The molecule has 0 aromatic heterocycles. The summed E-state index contributed by atoms with van der Waals surface area (Å²) in [5.41, 5.74) is 0.624. The summed E-state index contributed by atoms with van der Waals surface area (Å²) < 4.78 is 0. The van der Waals surface area contributed by atoms with Crippen LogP contribution < -0.4 is 5.32 Å². The van der Waals surface area contributed by atoms with Gasteiger partial charge in [-0.15, -0.1) is 0 Å². The van der Waals surface area contributed by atoms with E-state index in [9.17, 15) is 9.59 Å². The van der Waals surface area contributed by atoms with Crippen LogP contribution in [0, 0.1) is 22.2 Å². The highest BCUT2D eigenvalue weighted by atomic mass is 16.2. The Kier molecular flexibility index (Phi) is 3.96. The third kappa shape index (κ3) is 2.92. The molecule has 2 aliphatic heterocycles. The average molecular weight is 374 g/mol. The summed E-state index contributed by atoms with van der Waals surface area (Å²) >= 11 is 0. The lowest BCUT2D eigenvalue weighted by Crippen LogP contribution is -2.63. The van der Waals surface area contributed by atoms with Crippen molar-refractivity contribution in [3.8, 4) is 0 Å². The van der Waals surface area contributed by atoms with Crippen molar-refractivity contribution in [3.63, 3.8) is 0 Å². The molecular formula is C22H35N3O2. The van der Waals surface area contributed by atoms with E-state index in [2.05, 4.69) is 24.1 Å². The average Bonchev–Trinajstić information content (AvgIpc) is 2.58. The number of amides is 2. The van der Waals surface area contributed by atoms with Crippen LogP contribution in [0.1, 0.15) is 65.2 Å². The van der Waals surface area contributed by atoms with Gasteiger partial charge in [0.2, 0.25) is 11.8 Å². The Morgan fingerprint density at radius 3 is 2.48 bits per heavy atom. The lowest BCUT2D eigenvalue weighted by molar-refractivity contribution is -0.181. The van der Waals surface area contributed by atoms with Gasteiger partial charge in [0.1, 0.15) is 0 Å². The Hall–Kier alpha value is -1.10. The number of hydrogen-bond donors (Lipinski definition) is 1. The Morgan fingerprint density at radius 2 is 1.81 bits per heavy atom. The van der Waals surface area contributed by atoms with Crippen LogP contribution in [0.25, 0.3) is 0 Å². The summed E-state index contributed by atoms with van der Waals surface area (Å²) in [4.78, 5) is 30.4. The summed E-state index contributed by atoms with van der Waals surface area (Å²) in [7, 11) is 0. The largest absolute Gasteiger partial charge is 0.340 e. The smallest absolute Gasteiger partial charge is 0.236 e. The van der Waals surface area contributed by atoms with Gasteiger partial charge in [0.25, 0.3) is 0 Å². The van der Waals surface area contributed by atoms with Crippen LogP contribution in [0.4, 0.5) is 0 Å². The summed E-state index contributed by atoms with van der Waals surface area (Å²) in [6.07, 6.45) is 9.35. The number of nitrogens with zero attached hydrogens (tertiary/aromatic N) is 2. The minimum atomic E-state index is -0.113. The minimum Gasteiger partial charge on any atom is -0.340 e. The number of carbonyl (C=O) groups is 2. The van der Waals surface area contributed by atoms with Crippen LogP contribution >= 0.6 is 0 Å². The summed E-state index contributed by atoms with van der Waals surface area (Å²) in [6.45, 7) is 8.63. The molecule has 6 aliphatic rings. The van der Waals surface area contributed by atoms with E-state index in [0.29, 0.717) is 23.3 Å². The molecule has 5 nitrogen and oxygen atoms in total. The van der Waals surface area contributed by atoms with E-state index in [0.717, 1.165) is 64.2 Å². The predicted octanol–water partition coefficient (Wildman–Crippen LogP) is 2.41. The second kappa shape index (κ2) is 5.95. The maximum absolute atomic E-state index is 13.9. The van der Waals surface area contributed by atoms with Crippen LogP contribution in [0.5, 0.6) is 0 Å². The van der Waals surface area contributed by atoms with E-state index in [1.807, 2.05) is 4.90 Å². The van der Waals surface area contributed by atoms with Crippen molar-refractivity contribution >= 4 is 11.8 Å². The SMILES string of the molecule is CC12CC3CC(C)(C1)CC(C(=O)N1CCCC(N4CCNCC4=O)C1)(C3)C2. The molecule has 2 saturated heterocycles. The number of rotatable bonds is 2. The number of hydrogen-bond acceptors (Lipinski definition) is 3.